The van der Waals surface area contributed by atoms with Crippen LogP contribution in [0.5, 0.6) is 0 Å². The van der Waals surface area contributed by atoms with Crippen LogP contribution in [0.3, 0.4) is 0 Å². The highest BCUT2D eigenvalue weighted by atomic mass is 79.9. The van der Waals surface area contributed by atoms with Crippen LogP contribution >= 0.6 is 15.9 Å². The summed E-state index contributed by atoms with van der Waals surface area (Å²) in [5, 5.41) is 10.8. The molecular weight excluding hydrogens is 294 g/mol. The quantitative estimate of drug-likeness (QED) is 0.804. The normalized spacial score (nSPS) is 16.1. The van der Waals surface area contributed by atoms with Crippen LogP contribution in [0, 0.1) is 0 Å². The molecule has 0 spiro atoms. The third kappa shape index (κ3) is 2.93. The van der Waals surface area contributed by atoms with Gasteiger partial charge >= 0.3 is 0 Å². The average molecular weight is 309 g/mol. The highest BCUT2D eigenvalue weighted by molar-refractivity contribution is 9.10. The van der Waals surface area contributed by atoms with Crippen molar-refractivity contribution in [1.82, 2.24) is 0 Å². The molecule has 0 atom stereocenters. The van der Waals surface area contributed by atoms with Crippen molar-refractivity contribution in [2.45, 2.75) is 19.8 Å². The molecule has 0 radical (unpaired) electrons. The number of carboxylic acids is 1. The molecule has 0 aromatic heterocycles. The Kier molecular flexibility index (Phi) is 4.07. The van der Waals surface area contributed by atoms with E-state index in [2.05, 4.69) is 20.8 Å². The minimum Gasteiger partial charge on any atom is -0.545 e. The van der Waals surface area contributed by atoms with Crippen LogP contribution in [-0.4, -0.2) is 19.1 Å². The number of hydrogen-bond donors (Lipinski definition) is 0. The van der Waals surface area contributed by atoms with E-state index in [0.717, 1.165) is 28.8 Å². The van der Waals surface area contributed by atoms with Crippen molar-refractivity contribution in [3.8, 4) is 0 Å². The molecule has 1 aromatic carbocycles. The Morgan fingerprint density at radius 1 is 1.39 bits per heavy atom. The van der Waals surface area contributed by atoms with Gasteiger partial charge in [-0.25, -0.2) is 0 Å². The Morgan fingerprint density at radius 3 is 2.67 bits per heavy atom. The first kappa shape index (κ1) is 13.1. The van der Waals surface area contributed by atoms with Crippen molar-refractivity contribution < 1.29 is 9.90 Å². The van der Waals surface area contributed by atoms with E-state index in [0.29, 0.717) is 0 Å². The molecule has 0 unspecified atom stereocenters. The van der Waals surface area contributed by atoms with Gasteiger partial charge in [0, 0.05) is 23.2 Å². The number of carboxylic acid groups (broad SMARTS) is 1. The van der Waals surface area contributed by atoms with E-state index >= 15 is 0 Å². The Balaban J connectivity index is 2.40. The number of benzene rings is 1. The summed E-state index contributed by atoms with van der Waals surface area (Å²) < 4.78 is 0.947. The van der Waals surface area contributed by atoms with Crippen LogP contribution in [-0.2, 0) is 4.79 Å². The Morgan fingerprint density at radius 2 is 2.06 bits per heavy atom. The summed E-state index contributed by atoms with van der Waals surface area (Å²) in [5.74, 6) is -1.12. The van der Waals surface area contributed by atoms with Crippen LogP contribution < -0.4 is 10.0 Å². The SMILES string of the molecule is C/C(=C\c1cc(Br)ccc1N1CCCC1)C(=O)[O-]. The van der Waals surface area contributed by atoms with Gasteiger partial charge in [0.25, 0.3) is 0 Å². The van der Waals surface area contributed by atoms with Gasteiger partial charge in [-0.05, 0) is 55.2 Å². The smallest absolute Gasteiger partial charge is 0.0672 e. The van der Waals surface area contributed by atoms with Crippen LogP contribution in [0.25, 0.3) is 6.08 Å². The van der Waals surface area contributed by atoms with Gasteiger partial charge in [0.2, 0.25) is 0 Å². The number of carbonyl (C=O) groups excluding carboxylic acids is 1. The van der Waals surface area contributed by atoms with E-state index in [1.54, 1.807) is 13.0 Å². The first-order chi connectivity index (χ1) is 8.58. The second kappa shape index (κ2) is 5.57. The Labute approximate surface area is 115 Å². The van der Waals surface area contributed by atoms with Gasteiger partial charge in [-0.15, -0.1) is 0 Å². The second-order valence-corrected chi connectivity index (χ2v) is 5.43. The number of halogens is 1. The molecule has 3 nitrogen and oxygen atoms in total. The maximum atomic E-state index is 10.8. The van der Waals surface area contributed by atoms with E-state index in [1.807, 2.05) is 18.2 Å². The Bertz CT molecular complexity index is 491. The van der Waals surface area contributed by atoms with E-state index in [-0.39, 0.29) is 5.57 Å². The first-order valence-electron chi connectivity index (χ1n) is 6.02. The summed E-state index contributed by atoms with van der Waals surface area (Å²) in [5.41, 5.74) is 2.26. The van der Waals surface area contributed by atoms with E-state index in [9.17, 15) is 9.90 Å². The van der Waals surface area contributed by atoms with Gasteiger partial charge < -0.3 is 14.8 Å². The van der Waals surface area contributed by atoms with Crippen molar-refractivity contribution in [3.05, 3.63) is 33.8 Å². The molecule has 1 heterocycles. The van der Waals surface area contributed by atoms with Gasteiger partial charge in [-0.2, -0.15) is 0 Å². The number of rotatable bonds is 3. The minimum atomic E-state index is -1.12. The largest absolute Gasteiger partial charge is 0.545 e. The highest BCUT2D eigenvalue weighted by Gasteiger charge is 2.15. The molecule has 2 rings (SSSR count). The monoisotopic (exact) mass is 308 g/mol. The molecule has 18 heavy (non-hydrogen) atoms. The summed E-state index contributed by atoms with van der Waals surface area (Å²) in [6.45, 7) is 3.63. The zero-order chi connectivity index (χ0) is 13.1. The molecule has 1 saturated heterocycles. The minimum absolute atomic E-state index is 0.244. The lowest BCUT2D eigenvalue weighted by molar-refractivity contribution is -0.299. The fourth-order valence-corrected chi connectivity index (χ4v) is 2.56. The standard InChI is InChI=1S/C14H16BrNO2/c1-10(14(17)18)8-11-9-12(15)4-5-13(11)16-6-2-3-7-16/h4-5,8-9H,2-3,6-7H2,1H3,(H,17,18)/p-1/b10-8+. The van der Waals surface area contributed by atoms with Crippen molar-refractivity contribution in [3.63, 3.8) is 0 Å². The maximum absolute atomic E-state index is 10.8. The molecule has 96 valence electrons. The molecule has 1 aromatic rings. The number of hydrogen-bond acceptors (Lipinski definition) is 3. The topological polar surface area (TPSA) is 43.4 Å². The fraction of sp³-hybridized carbons (Fsp3) is 0.357. The maximum Gasteiger partial charge on any atom is 0.0672 e. The molecule has 1 aliphatic heterocycles. The van der Waals surface area contributed by atoms with Crippen molar-refractivity contribution >= 4 is 33.7 Å². The molecule has 0 bridgehead atoms. The van der Waals surface area contributed by atoms with Gasteiger partial charge in [-0.1, -0.05) is 15.9 Å². The van der Waals surface area contributed by atoms with Crippen LogP contribution in [0.1, 0.15) is 25.3 Å². The third-order valence-electron chi connectivity index (χ3n) is 3.13. The van der Waals surface area contributed by atoms with E-state index in [4.69, 9.17) is 0 Å². The number of anilines is 1. The highest BCUT2D eigenvalue weighted by Crippen LogP contribution is 2.29. The third-order valence-corrected chi connectivity index (χ3v) is 3.62. The molecule has 0 aliphatic carbocycles. The first-order valence-corrected chi connectivity index (χ1v) is 6.81. The molecule has 0 N–H and O–H groups in total. The number of nitrogens with zero attached hydrogens (tertiary/aromatic N) is 1. The number of aliphatic carboxylic acids is 1. The van der Waals surface area contributed by atoms with Crippen molar-refractivity contribution in [1.29, 1.82) is 0 Å². The lowest BCUT2D eigenvalue weighted by Gasteiger charge is -2.21. The Hall–Kier alpha value is -1.29. The van der Waals surface area contributed by atoms with Gasteiger partial charge in [-0.3, -0.25) is 0 Å². The predicted molar refractivity (Wildman–Crippen MR) is 74.2 cm³/mol. The van der Waals surface area contributed by atoms with Crippen molar-refractivity contribution in [2.75, 3.05) is 18.0 Å². The molecular formula is C14H15BrNO2-. The second-order valence-electron chi connectivity index (χ2n) is 4.51. The van der Waals surface area contributed by atoms with Gasteiger partial charge in [0.1, 0.15) is 0 Å². The van der Waals surface area contributed by atoms with Crippen molar-refractivity contribution in [2.24, 2.45) is 0 Å². The van der Waals surface area contributed by atoms with E-state index in [1.165, 1.54) is 12.8 Å². The lowest BCUT2D eigenvalue weighted by atomic mass is 10.1. The summed E-state index contributed by atoms with van der Waals surface area (Å²) in [4.78, 5) is 13.1. The molecule has 0 saturated carbocycles. The summed E-state index contributed by atoms with van der Waals surface area (Å²) in [7, 11) is 0. The molecule has 1 aliphatic rings. The fourth-order valence-electron chi connectivity index (χ4n) is 2.18. The van der Waals surface area contributed by atoms with Crippen LogP contribution in [0.2, 0.25) is 0 Å². The van der Waals surface area contributed by atoms with Gasteiger partial charge in [0.05, 0.1) is 5.97 Å². The zero-order valence-electron chi connectivity index (χ0n) is 10.3. The van der Waals surface area contributed by atoms with E-state index < -0.39 is 5.97 Å². The summed E-state index contributed by atoms with van der Waals surface area (Å²) in [6.07, 6.45) is 4.06. The molecule has 0 amide bonds. The summed E-state index contributed by atoms with van der Waals surface area (Å²) >= 11 is 3.42. The molecule has 1 fully saturated rings. The zero-order valence-corrected chi connectivity index (χ0v) is 11.9. The summed E-state index contributed by atoms with van der Waals surface area (Å²) in [6, 6.07) is 5.96. The number of carbonyl (C=O) groups is 1. The average Bonchev–Trinajstić information content (AvgIpc) is 2.82. The molecule has 4 heteroatoms. The van der Waals surface area contributed by atoms with Crippen LogP contribution in [0.15, 0.2) is 28.2 Å². The lowest BCUT2D eigenvalue weighted by Crippen LogP contribution is -2.23. The van der Waals surface area contributed by atoms with Crippen LogP contribution in [0.4, 0.5) is 5.69 Å². The predicted octanol–water partition coefficient (Wildman–Crippen LogP) is 2.20. The van der Waals surface area contributed by atoms with Gasteiger partial charge in [0.15, 0.2) is 0 Å².